The molecule has 5 nitrogen and oxygen atoms in total. The second kappa shape index (κ2) is 5.33. The summed E-state index contributed by atoms with van der Waals surface area (Å²) in [5, 5.41) is 11.1. The van der Waals surface area contributed by atoms with Gasteiger partial charge >= 0.3 is 5.97 Å². The lowest BCUT2D eigenvalue weighted by Gasteiger charge is -2.29. The third-order valence-electron chi connectivity index (χ3n) is 4.11. The fraction of sp³-hybridized carbons (Fsp3) is 0.375. The van der Waals surface area contributed by atoms with Gasteiger partial charge in [0.1, 0.15) is 5.82 Å². The Labute approximate surface area is 123 Å². The Morgan fingerprint density at radius 1 is 1.43 bits per heavy atom. The van der Waals surface area contributed by atoms with Crippen LogP contribution in [0.5, 0.6) is 0 Å². The highest BCUT2D eigenvalue weighted by molar-refractivity contribution is 5.98. The zero-order chi connectivity index (χ0) is 15.0. The van der Waals surface area contributed by atoms with Gasteiger partial charge in [-0.2, -0.15) is 0 Å². The number of anilines is 1. The standard InChI is InChI=1S/C16H18N2O3/c1-10-14(7-8-21-10)18(2)15-12-6-4-3-5-11(12)9-13(17-15)16(19)20/h3-6,9-10,14H,7-8H2,1-2H3,(H,19,20). The summed E-state index contributed by atoms with van der Waals surface area (Å²) in [5.74, 6) is -0.307. The Bertz CT molecular complexity index is 686. The van der Waals surface area contributed by atoms with Crippen molar-refractivity contribution in [3.8, 4) is 0 Å². The number of carboxylic acid groups (broad SMARTS) is 1. The molecule has 0 aliphatic carbocycles. The van der Waals surface area contributed by atoms with Crippen molar-refractivity contribution in [3.63, 3.8) is 0 Å². The molecule has 5 heteroatoms. The van der Waals surface area contributed by atoms with Crippen LogP contribution in [0.15, 0.2) is 30.3 Å². The molecule has 1 aromatic heterocycles. The molecule has 0 radical (unpaired) electrons. The molecule has 0 bridgehead atoms. The first-order chi connectivity index (χ1) is 10.1. The topological polar surface area (TPSA) is 62.7 Å². The Morgan fingerprint density at radius 3 is 2.86 bits per heavy atom. The van der Waals surface area contributed by atoms with Crippen LogP contribution in [-0.2, 0) is 4.74 Å². The number of nitrogens with zero attached hydrogens (tertiary/aromatic N) is 2. The third kappa shape index (κ3) is 2.45. The van der Waals surface area contributed by atoms with Gasteiger partial charge in [-0.05, 0) is 24.8 Å². The maximum Gasteiger partial charge on any atom is 0.354 e. The molecule has 1 aliphatic heterocycles. The summed E-state index contributed by atoms with van der Waals surface area (Å²) in [6.07, 6.45) is 1.04. The van der Waals surface area contributed by atoms with Crippen LogP contribution < -0.4 is 4.90 Å². The Morgan fingerprint density at radius 2 is 2.19 bits per heavy atom. The number of ether oxygens (including phenoxy) is 1. The highest BCUT2D eigenvalue weighted by Crippen LogP contribution is 2.29. The molecule has 2 aromatic rings. The van der Waals surface area contributed by atoms with Crippen LogP contribution in [0.1, 0.15) is 23.8 Å². The zero-order valence-electron chi connectivity index (χ0n) is 12.1. The molecule has 2 atom stereocenters. The average Bonchev–Trinajstić information content (AvgIpc) is 2.91. The molecule has 0 spiro atoms. The number of hydrogen-bond acceptors (Lipinski definition) is 4. The highest BCUT2D eigenvalue weighted by Gasteiger charge is 2.29. The second-order valence-corrected chi connectivity index (χ2v) is 5.40. The van der Waals surface area contributed by atoms with E-state index in [1.807, 2.05) is 43.1 Å². The van der Waals surface area contributed by atoms with Crippen molar-refractivity contribution in [2.45, 2.75) is 25.5 Å². The van der Waals surface area contributed by atoms with Crippen molar-refractivity contribution >= 4 is 22.6 Å². The van der Waals surface area contributed by atoms with Gasteiger partial charge < -0.3 is 14.7 Å². The lowest BCUT2D eigenvalue weighted by Crippen LogP contribution is -2.37. The van der Waals surface area contributed by atoms with Crippen LogP contribution >= 0.6 is 0 Å². The van der Waals surface area contributed by atoms with E-state index < -0.39 is 5.97 Å². The minimum atomic E-state index is -1.01. The van der Waals surface area contributed by atoms with Crippen molar-refractivity contribution in [1.29, 1.82) is 0 Å². The van der Waals surface area contributed by atoms with E-state index in [4.69, 9.17) is 4.74 Å². The molecular formula is C16H18N2O3. The number of aromatic carboxylic acids is 1. The first kappa shape index (κ1) is 13.8. The van der Waals surface area contributed by atoms with E-state index in [1.165, 1.54) is 0 Å². The van der Waals surface area contributed by atoms with Crippen LogP contribution in [0.25, 0.3) is 10.8 Å². The molecule has 0 amide bonds. The van der Waals surface area contributed by atoms with E-state index in [0.717, 1.165) is 23.8 Å². The second-order valence-electron chi connectivity index (χ2n) is 5.40. The minimum Gasteiger partial charge on any atom is -0.477 e. The summed E-state index contributed by atoms with van der Waals surface area (Å²) in [6.45, 7) is 2.77. The summed E-state index contributed by atoms with van der Waals surface area (Å²) in [5.41, 5.74) is 0.0714. The number of pyridine rings is 1. The number of carboxylic acids is 1. The molecule has 1 aromatic carbocycles. The first-order valence-corrected chi connectivity index (χ1v) is 7.05. The van der Waals surface area contributed by atoms with E-state index in [2.05, 4.69) is 4.98 Å². The van der Waals surface area contributed by atoms with Gasteiger partial charge in [-0.3, -0.25) is 0 Å². The van der Waals surface area contributed by atoms with Gasteiger partial charge in [0.05, 0.1) is 12.1 Å². The van der Waals surface area contributed by atoms with Crippen molar-refractivity contribution in [1.82, 2.24) is 4.98 Å². The van der Waals surface area contributed by atoms with Gasteiger partial charge in [0.25, 0.3) is 0 Å². The predicted molar refractivity (Wildman–Crippen MR) is 80.9 cm³/mol. The fourth-order valence-electron chi connectivity index (χ4n) is 2.94. The van der Waals surface area contributed by atoms with Crippen molar-refractivity contribution < 1.29 is 14.6 Å². The molecule has 110 valence electrons. The van der Waals surface area contributed by atoms with Gasteiger partial charge in [0.15, 0.2) is 5.69 Å². The number of aromatic nitrogens is 1. The fourth-order valence-corrected chi connectivity index (χ4v) is 2.94. The SMILES string of the molecule is CC1OCCC1N(C)c1nc(C(=O)O)cc2ccccc12. The third-order valence-corrected chi connectivity index (χ3v) is 4.11. The normalized spacial score (nSPS) is 21.6. The molecule has 2 unspecified atom stereocenters. The monoisotopic (exact) mass is 286 g/mol. The van der Waals surface area contributed by atoms with E-state index in [1.54, 1.807) is 6.07 Å². The van der Waals surface area contributed by atoms with Gasteiger partial charge in [0, 0.05) is 19.0 Å². The molecule has 3 rings (SSSR count). The minimum absolute atomic E-state index is 0.0714. The Balaban J connectivity index is 2.13. The van der Waals surface area contributed by atoms with E-state index in [9.17, 15) is 9.90 Å². The Hall–Kier alpha value is -2.14. The lowest BCUT2D eigenvalue weighted by atomic mass is 10.1. The van der Waals surface area contributed by atoms with Crippen molar-refractivity contribution in [2.75, 3.05) is 18.6 Å². The predicted octanol–water partition coefficient (Wildman–Crippen LogP) is 2.55. The van der Waals surface area contributed by atoms with Gasteiger partial charge in [-0.15, -0.1) is 0 Å². The summed E-state index contributed by atoms with van der Waals surface area (Å²) in [6, 6.07) is 9.55. The molecule has 1 N–H and O–H groups in total. The van der Waals surface area contributed by atoms with E-state index >= 15 is 0 Å². The van der Waals surface area contributed by atoms with E-state index in [-0.39, 0.29) is 17.8 Å². The molecule has 2 heterocycles. The maximum absolute atomic E-state index is 11.3. The van der Waals surface area contributed by atoms with Gasteiger partial charge in [-0.1, -0.05) is 24.3 Å². The number of carbonyl (C=O) groups is 1. The molecule has 1 fully saturated rings. The zero-order valence-corrected chi connectivity index (χ0v) is 12.1. The molecule has 21 heavy (non-hydrogen) atoms. The van der Waals surface area contributed by atoms with Crippen LogP contribution in [0.2, 0.25) is 0 Å². The molecule has 1 aliphatic rings. The summed E-state index contributed by atoms with van der Waals surface area (Å²) >= 11 is 0. The van der Waals surface area contributed by atoms with Gasteiger partial charge in [0.2, 0.25) is 0 Å². The van der Waals surface area contributed by atoms with Crippen molar-refractivity contribution in [2.24, 2.45) is 0 Å². The smallest absolute Gasteiger partial charge is 0.354 e. The molecule has 1 saturated heterocycles. The maximum atomic E-state index is 11.3. The van der Waals surface area contributed by atoms with Crippen LogP contribution in [-0.4, -0.2) is 41.9 Å². The molecular weight excluding hydrogens is 268 g/mol. The highest BCUT2D eigenvalue weighted by atomic mass is 16.5. The van der Waals surface area contributed by atoms with Crippen LogP contribution in [0, 0.1) is 0 Å². The average molecular weight is 286 g/mol. The number of likely N-dealkylation sites (N-methyl/N-ethyl adjacent to an activating group) is 1. The lowest BCUT2D eigenvalue weighted by molar-refractivity contribution is 0.0691. The Kier molecular flexibility index (Phi) is 3.51. The van der Waals surface area contributed by atoms with Gasteiger partial charge in [-0.25, -0.2) is 9.78 Å². The number of benzene rings is 1. The summed E-state index contributed by atoms with van der Waals surface area (Å²) in [7, 11) is 1.95. The number of fused-ring (bicyclic) bond motifs is 1. The summed E-state index contributed by atoms with van der Waals surface area (Å²) < 4.78 is 5.61. The van der Waals surface area contributed by atoms with Crippen LogP contribution in [0.4, 0.5) is 5.82 Å². The number of rotatable bonds is 3. The number of hydrogen-bond donors (Lipinski definition) is 1. The van der Waals surface area contributed by atoms with E-state index in [0.29, 0.717) is 5.82 Å². The first-order valence-electron chi connectivity index (χ1n) is 7.05. The summed E-state index contributed by atoms with van der Waals surface area (Å²) in [4.78, 5) is 17.7. The molecule has 0 saturated carbocycles. The van der Waals surface area contributed by atoms with Crippen LogP contribution in [0.3, 0.4) is 0 Å². The quantitative estimate of drug-likeness (QED) is 0.939. The largest absolute Gasteiger partial charge is 0.477 e. The van der Waals surface area contributed by atoms with Crippen molar-refractivity contribution in [3.05, 3.63) is 36.0 Å².